The Labute approximate surface area is 149 Å². The maximum absolute atomic E-state index is 11.0. The molecule has 4 heteroatoms. The van der Waals surface area contributed by atoms with Gasteiger partial charge in [0.1, 0.15) is 0 Å². The zero-order valence-corrected chi connectivity index (χ0v) is 14.7. The van der Waals surface area contributed by atoms with Crippen LogP contribution in [0.5, 0.6) is 0 Å². The third kappa shape index (κ3) is 5.07. The first-order valence-corrected chi connectivity index (χ1v) is 8.97. The summed E-state index contributed by atoms with van der Waals surface area (Å²) in [7, 11) is 0. The summed E-state index contributed by atoms with van der Waals surface area (Å²) in [6.45, 7) is 6.36. The van der Waals surface area contributed by atoms with E-state index in [-0.39, 0.29) is 0 Å². The molecule has 2 aromatic carbocycles. The van der Waals surface area contributed by atoms with Crippen molar-refractivity contribution in [1.82, 2.24) is 4.90 Å². The molecule has 3 rings (SSSR count). The monoisotopic (exact) mass is 338 g/mol. The molecule has 1 aliphatic heterocycles. The van der Waals surface area contributed by atoms with Gasteiger partial charge in [0, 0.05) is 25.3 Å². The van der Waals surface area contributed by atoms with Crippen molar-refractivity contribution in [2.45, 2.75) is 32.9 Å². The summed E-state index contributed by atoms with van der Waals surface area (Å²) in [5, 5.41) is 12.4. The fourth-order valence-corrected chi connectivity index (χ4v) is 3.43. The minimum absolute atomic E-state index is 0.324. The lowest BCUT2D eigenvalue weighted by atomic mass is 10.00. The van der Waals surface area contributed by atoms with Gasteiger partial charge in [0.25, 0.3) is 0 Å². The number of benzene rings is 2. The lowest BCUT2D eigenvalue weighted by Gasteiger charge is -2.30. The molecule has 0 aliphatic carbocycles. The van der Waals surface area contributed by atoms with Gasteiger partial charge in [-0.25, -0.2) is 4.79 Å². The van der Waals surface area contributed by atoms with Gasteiger partial charge >= 0.3 is 5.97 Å². The molecule has 1 aliphatic rings. The van der Waals surface area contributed by atoms with Gasteiger partial charge in [-0.1, -0.05) is 31.2 Å². The van der Waals surface area contributed by atoms with E-state index in [1.54, 1.807) is 18.2 Å². The molecule has 0 aromatic heterocycles. The van der Waals surface area contributed by atoms with Gasteiger partial charge in [-0.15, -0.1) is 0 Å². The molecule has 0 saturated carbocycles. The lowest BCUT2D eigenvalue weighted by Crippen LogP contribution is -2.33. The second-order valence-electron chi connectivity index (χ2n) is 7.04. The van der Waals surface area contributed by atoms with Crippen molar-refractivity contribution < 1.29 is 9.90 Å². The summed E-state index contributed by atoms with van der Waals surface area (Å²) in [4.78, 5) is 13.6. The first-order valence-electron chi connectivity index (χ1n) is 8.97. The summed E-state index contributed by atoms with van der Waals surface area (Å²) in [6, 6.07) is 15.6. The highest BCUT2D eigenvalue weighted by molar-refractivity contribution is 5.87. The van der Waals surface area contributed by atoms with Gasteiger partial charge in [-0.3, -0.25) is 4.90 Å². The Morgan fingerprint density at radius 2 is 2.00 bits per heavy atom. The number of nitrogens with one attached hydrogen (secondary N) is 1. The lowest BCUT2D eigenvalue weighted by molar-refractivity contribution is 0.0696. The predicted octanol–water partition coefficient (Wildman–Crippen LogP) is 4.23. The zero-order chi connectivity index (χ0) is 17.6. The summed E-state index contributed by atoms with van der Waals surface area (Å²) in [6.07, 6.45) is 2.65. The van der Waals surface area contributed by atoms with Crippen molar-refractivity contribution in [2.24, 2.45) is 5.92 Å². The maximum atomic E-state index is 11.0. The molecule has 0 bridgehead atoms. The SMILES string of the molecule is CC1CCCN(Cc2ccc(NCc3cccc(C(=O)O)c3)cc2)C1. The van der Waals surface area contributed by atoms with Gasteiger partial charge < -0.3 is 10.4 Å². The van der Waals surface area contributed by atoms with Crippen LogP contribution < -0.4 is 5.32 Å². The number of hydrogen-bond donors (Lipinski definition) is 2. The van der Waals surface area contributed by atoms with E-state index >= 15 is 0 Å². The molecule has 1 atom stereocenters. The Kier molecular flexibility index (Phi) is 5.71. The van der Waals surface area contributed by atoms with Crippen LogP contribution >= 0.6 is 0 Å². The highest BCUT2D eigenvalue weighted by atomic mass is 16.4. The molecule has 2 N–H and O–H groups in total. The van der Waals surface area contributed by atoms with Crippen molar-refractivity contribution in [3.63, 3.8) is 0 Å². The van der Waals surface area contributed by atoms with E-state index in [9.17, 15) is 4.79 Å². The third-order valence-electron chi connectivity index (χ3n) is 4.77. The smallest absolute Gasteiger partial charge is 0.335 e. The summed E-state index contributed by atoms with van der Waals surface area (Å²) in [5.74, 6) is -0.0884. The van der Waals surface area contributed by atoms with E-state index in [1.807, 2.05) is 6.07 Å². The van der Waals surface area contributed by atoms with Crippen molar-refractivity contribution in [3.05, 3.63) is 65.2 Å². The number of hydrogen-bond acceptors (Lipinski definition) is 3. The van der Waals surface area contributed by atoms with Crippen LogP contribution in [0.4, 0.5) is 5.69 Å². The molecule has 1 fully saturated rings. The quantitative estimate of drug-likeness (QED) is 0.828. The average Bonchev–Trinajstić information content (AvgIpc) is 2.61. The molecule has 0 radical (unpaired) electrons. The molecule has 1 saturated heterocycles. The van der Waals surface area contributed by atoms with Gasteiger partial charge in [0.2, 0.25) is 0 Å². The molecule has 132 valence electrons. The fraction of sp³-hybridized carbons (Fsp3) is 0.381. The van der Waals surface area contributed by atoms with Crippen LogP contribution in [-0.2, 0) is 13.1 Å². The van der Waals surface area contributed by atoms with Crippen LogP contribution in [0.2, 0.25) is 0 Å². The van der Waals surface area contributed by atoms with Crippen molar-refractivity contribution in [3.8, 4) is 0 Å². The fourth-order valence-electron chi connectivity index (χ4n) is 3.43. The molecule has 1 heterocycles. The number of aromatic carboxylic acids is 1. The first-order chi connectivity index (χ1) is 12.1. The molecule has 25 heavy (non-hydrogen) atoms. The van der Waals surface area contributed by atoms with Crippen LogP contribution in [0.3, 0.4) is 0 Å². The Hall–Kier alpha value is -2.33. The number of anilines is 1. The van der Waals surface area contributed by atoms with Crippen LogP contribution in [0.25, 0.3) is 0 Å². The maximum Gasteiger partial charge on any atom is 0.335 e. The van der Waals surface area contributed by atoms with Gasteiger partial charge in [0.05, 0.1) is 5.56 Å². The molecule has 0 amide bonds. The molecular formula is C21H26N2O2. The molecule has 0 spiro atoms. The molecular weight excluding hydrogens is 312 g/mol. The van der Waals surface area contributed by atoms with Gasteiger partial charge in [-0.2, -0.15) is 0 Å². The van der Waals surface area contributed by atoms with Crippen LogP contribution in [0.15, 0.2) is 48.5 Å². The number of carboxylic acids is 1. The average molecular weight is 338 g/mol. The van der Waals surface area contributed by atoms with E-state index < -0.39 is 5.97 Å². The molecule has 2 aromatic rings. The van der Waals surface area contributed by atoms with E-state index in [2.05, 4.69) is 41.4 Å². The number of likely N-dealkylation sites (tertiary alicyclic amines) is 1. The Balaban J connectivity index is 1.54. The zero-order valence-electron chi connectivity index (χ0n) is 14.7. The molecule has 4 nitrogen and oxygen atoms in total. The van der Waals surface area contributed by atoms with Crippen molar-refractivity contribution >= 4 is 11.7 Å². The number of rotatable bonds is 6. The predicted molar refractivity (Wildman–Crippen MR) is 101 cm³/mol. The number of piperidine rings is 1. The summed E-state index contributed by atoms with van der Waals surface area (Å²) >= 11 is 0. The van der Waals surface area contributed by atoms with Crippen molar-refractivity contribution in [2.75, 3.05) is 18.4 Å². The highest BCUT2D eigenvalue weighted by Crippen LogP contribution is 2.19. The Morgan fingerprint density at radius 1 is 1.20 bits per heavy atom. The standard InChI is InChI=1S/C21H26N2O2/c1-16-4-3-11-23(14-16)15-17-7-9-20(10-8-17)22-13-18-5-2-6-19(12-18)21(24)25/h2,5-10,12,16,22H,3-4,11,13-15H2,1H3,(H,24,25). The third-order valence-corrected chi connectivity index (χ3v) is 4.77. The van der Waals surface area contributed by atoms with Crippen LogP contribution in [-0.4, -0.2) is 29.1 Å². The second-order valence-corrected chi connectivity index (χ2v) is 7.04. The summed E-state index contributed by atoms with van der Waals surface area (Å²) in [5.41, 5.74) is 3.68. The van der Waals surface area contributed by atoms with Crippen molar-refractivity contribution in [1.29, 1.82) is 0 Å². The highest BCUT2D eigenvalue weighted by Gasteiger charge is 2.16. The Morgan fingerprint density at radius 3 is 2.72 bits per heavy atom. The van der Waals surface area contributed by atoms with E-state index in [1.165, 1.54) is 31.5 Å². The minimum Gasteiger partial charge on any atom is -0.478 e. The minimum atomic E-state index is -0.891. The largest absolute Gasteiger partial charge is 0.478 e. The molecule has 1 unspecified atom stereocenters. The van der Waals surface area contributed by atoms with Gasteiger partial charge in [0.15, 0.2) is 0 Å². The second kappa shape index (κ2) is 8.17. The topological polar surface area (TPSA) is 52.6 Å². The Bertz CT molecular complexity index is 712. The number of nitrogens with zero attached hydrogens (tertiary/aromatic N) is 1. The first kappa shape index (κ1) is 17.5. The van der Waals surface area contributed by atoms with Crippen LogP contribution in [0.1, 0.15) is 41.3 Å². The van der Waals surface area contributed by atoms with E-state index in [4.69, 9.17) is 5.11 Å². The number of carbonyl (C=O) groups is 1. The van der Waals surface area contributed by atoms with Gasteiger partial charge in [-0.05, 0) is 60.7 Å². The van der Waals surface area contributed by atoms with E-state index in [0.29, 0.717) is 12.1 Å². The summed E-state index contributed by atoms with van der Waals surface area (Å²) < 4.78 is 0. The van der Waals surface area contributed by atoms with Crippen LogP contribution in [0, 0.1) is 5.92 Å². The van der Waals surface area contributed by atoms with E-state index in [0.717, 1.165) is 23.7 Å². The number of carboxylic acid groups (broad SMARTS) is 1. The normalized spacial score (nSPS) is 18.0.